The molecule has 0 aromatic heterocycles. The third-order valence-electron chi connectivity index (χ3n) is 11.2. The summed E-state index contributed by atoms with van der Waals surface area (Å²) in [5, 5.41) is 11.8. The summed E-state index contributed by atoms with van der Waals surface area (Å²) in [5.41, 5.74) is 0.979. The zero-order chi connectivity index (χ0) is 47.5. The molecule has 0 saturated carbocycles. The van der Waals surface area contributed by atoms with Gasteiger partial charge in [-0.1, -0.05) is 125 Å². The van der Waals surface area contributed by atoms with Crippen molar-refractivity contribution in [3.05, 3.63) is 144 Å². The summed E-state index contributed by atoms with van der Waals surface area (Å²) in [7, 11) is 2.61. The molecule has 4 aromatic rings. The molecule has 0 fully saturated rings. The molecule has 0 unspecified atom stereocenters. The van der Waals surface area contributed by atoms with E-state index in [1.807, 2.05) is 100 Å². The monoisotopic (exact) mass is 877 g/mol. The van der Waals surface area contributed by atoms with E-state index in [2.05, 4.69) is 21.3 Å². The number of benzene rings is 4. The molecule has 0 aliphatic heterocycles. The van der Waals surface area contributed by atoms with Gasteiger partial charge in [-0.05, 0) is 87.8 Å². The number of hydrogen-bond donors (Lipinski definition) is 4. The van der Waals surface area contributed by atoms with Crippen molar-refractivity contribution >= 4 is 35.6 Å². The summed E-state index contributed by atoms with van der Waals surface area (Å²) in [5.74, 6) is -1.60. The lowest BCUT2D eigenvalue weighted by Gasteiger charge is -2.36. The van der Waals surface area contributed by atoms with Crippen LogP contribution in [0, 0.1) is 22.7 Å². The maximum absolute atomic E-state index is 13.4. The third-order valence-corrected chi connectivity index (χ3v) is 11.2. The Morgan fingerprint density at radius 1 is 0.453 bits per heavy atom. The highest BCUT2D eigenvalue weighted by molar-refractivity contribution is 5.96. The maximum Gasteiger partial charge on any atom is 0.328 e. The van der Waals surface area contributed by atoms with Crippen LogP contribution in [0.5, 0.6) is 0 Å². The Labute approximate surface area is 379 Å². The van der Waals surface area contributed by atoms with Crippen molar-refractivity contribution in [1.82, 2.24) is 21.3 Å². The fraction of sp³-hybridized carbons (Fsp3) is 0.423. The molecule has 0 radical (unpaired) electrons. The normalized spacial score (nSPS) is 13.2. The van der Waals surface area contributed by atoms with Gasteiger partial charge in [-0.25, -0.2) is 9.59 Å². The van der Waals surface area contributed by atoms with Crippen molar-refractivity contribution in [2.45, 2.75) is 105 Å². The largest absolute Gasteiger partial charge is 0.467 e. The minimum atomic E-state index is -0.961. The van der Waals surface area contributed by atoms with E-state index in [0.717, 1.165) is 11.1 Å². The van der Waals surface area contributed by atoms with Crippen molar-refractivity contribution in [3.63, 3.8) is 0 Å². The highest BCUT2D eigenvalue weighted by Crippen LogP contribution is 2.29. The molecule has 64 heavy (non-hydrogen) atoms. The summed E-state index contributed by atoms with van der Waals surface area (Å²) in [6, 6.07) is 34.3. The smallest absolute Gasteiger partial charge is 0.328 e. The highest BCUT2D eigenvalue weighted by atomic mass is 16.5. The number of ether oxygens (including phenoxy) is 2. The van der Waals surface area contributed by atoms with Crippen molar-refractivity contribution in [1.29, 1.82) is 0 Å². The van der Waals surface area contributed by atoms with Crippen molar-refractivity contribution < 1.29 is 38.2 Å². The van der Waals surface area contributed by atoms with Crippen LogP contribution in [0.4, 0.5) is 0 Å². The van der Waals surface area contributed by atoms with Gasteiger partial charge in [0.25, 0.3) is 11.8 Å². The van der Waals surface area contributed by atoms with Crippen LogP contribution in [0.3, 0.4) is 0 Å². The second-order valence-electron chi connectivity index (χ2n) is 18.0. The van der Waals surface area contributed by atoms with Crippen LogP contribution in [-0.4, -0.2) is 74.0 Å². The quantitative estimate of drug-likeness (QED) is 0.0662. The van der Waals surface area contributed by atoms with Crippen molar-refractivity contribution in [2.75, 3.05) is 14.2 Å². The predicted molar refractivity (Wildman–Crippen MR) is 250 cm³/mol. The van der Waals surface area contributed by atoms with E-state index in [0.29, 0.717) is 36.8 Å². The number of hydrogen-bond acceptors (Lipinski definition) is 8. The van der Waals surface area contributed by atoms with Crippen LogP contribution in [0.2, 0.25) is 0 Å². The van der Waals surface area contributed by atoms with Gasteiger partial charge in [0.15, 0.2) is 0 Å². The first-order valence-corrected chi connectivity index (χ1v) is 21.9. The molecule has 0 aliphatic rings. The number of nitrogens with one attached hydrogen (secondary N) is 4. The first kappa shape index (κ1) is 52.0. The van der Waals surface area contributed by atoms with Crippen molar-refractivity contribution in [2.24, 2.45) is 22.7 Å². The van der Waals surface area contributed by atoms with E-state index in [1.165, 1.54) is 14.2 Å². The molecular weight excluding hydrogens is 809 g/mol. The fourth-order valence-corrected chi connectivity index (χ4v) is 7.05. The lowest BCUT2D eigenvalue weighted by atomic mass is 9.78. The zero-order valence-electron chi connectivity index (χ0n) is 39.1. The summed E-state index contributed by atoms with van der Waals surface area (Å²) in [4.78, 5) is 77.1. The molecule has 0 bridgehead atoms. The zero-order valence-corrected chi connectivity index (χ0v) is 39.1. The molecule has 4 amide bonds. The summed E-state index contributed by atoms with van der Waals surface area (Å²) < 4.78 is 9.84. The predicted octanol–water partition coefficient (Wildman–Crippen LogP) is 7.52. The molecule has 344 valence electrons. The average Bonchev–Trinajstić information content (AvgIpc) is 3.28. The van der Waals surface area contributed by atoms with Gasteiger partial charge in [0.1, 0.15) is 12.1 Å². The van der Waals surface area contributed by atoms with Gasteiger partial charge < -0.3 is 30.7 Å². The van der Waals surface area contributed by atoms with E-state index in [-0.39, 0.29) is 35.5 Å². The number of amides is 4. The summed E-state index contributed by atoms with van der Waals surface area (Å²) >= 11 is 0. The molecule has 4 N–H and O–H groups in total. The van der Waals surface area contributed by atoms with Crippen LogP contribution < -0.4 is 21.3 Å². The number of rotatable bonds is 20. The van der Waals surface area contributed by atoms with Gasteiger partial charge in [0, 0.05) is 36.1 Å². The Kier molecular flexibility index (Phi) is 20.4. The summed E-state index contributed by atoms with van der Waals surface area (Å²) in [6.45, 7) is 15.3. The van der Waals surface area contributed by atoms with E-state index >= 15 is 0 Å². The molecule has 0 saturated heterocycles. The Morgan fingerprint density at radius 3 is 1.00 bits per heavy atom. The van der Waals surface area contributed by atoms with Gasteiger partial charge in [-0.2, -0.15) is 0 Å². The second-order valence-corrected chi connectivity index (χ2v) is 18.0. The molecule has 4 aromatic carbocycles. The van der Waals surface area contributed by atoms with Crippen LogP contribution >= 0.6 is 0 Å². The summed E-state index contributed by atoms with van der Waals surface area (Å²) in [6.07, 6.45) is 1.86. The standard InChI is InChI=1S/2C26H34N2O4/c2*1-18(2)16-22(28-23(29)20-14-10-7-11-15-20)26(3,4)25(31)27-21(24(30)32-5)17-19-12-8-6-9-13-19/h2*6-15,18,21-22H,16-17H2,1-5H3,(H,27,31)(H,28,29)/t2*21-,22-/m00/s1. The number of carbonyl (C=O) groups is 6. The minimum absolute atomic E-state index is 0.231. The number of methoxy groups -OCH3 is 2. The molecule has 0 spiro atoms. The Hall–Kier alpha value is -6.30. The third kappa shape index (κ3) is 16.1. The molecule has 12 nitrogen and oxygen atoms in total. The minimum Gasteiger partial charge on any atom is -0.467 e. The van der Waals surface area contributed by atoms with Gasteiger partial charge in [-0.15, -0.1) is 0 Å². The lowest BCUT2D eigenvalue weighted by molar-refractivity contribution is -0.146. The molecule has 0 heterocycles. The molecule has 12 heteroatoms. The number of esters is 2. The molecule has 4 atom stereocenters. The van der Waals surface area contributed by atoms with Gasteiger partial charge in [0.2, 0.25) is 11.8 Å². The van der Waals surface area contributed by atoms with Crippen LogP contribution in [0.15, 0.2) is 121 Å². The van der Waals surface area contributed by atoms with Crippen LogP contribution in [-0.2, 0) is 41.5 Å². The second kappa shape index (κ2) is 25.1. The van der Waals surface area contributed by atoms with Crippen LogP contribution in [0.25, 0.3) is 0 Å². The SMILES string of the molecule is COC(=O)[C@H](Cc1ccccc1)NC(=O)C(C)(C)[C@H](CC(C)C)NC(=O)c1ccccc1.COC(=O)[C@H](Cc1ccccc1)NC(=O)C(C)(C)[C@H](CC(C)C)NC(=O)c1ccccc1. The van der Waals surface area contributed by atoms with Crippen molar-refractivity contribution in [3.8, 4) is 0 Å². The van der Waals surface area contributed by atoms with Gasteiger partial charge in [0.05, 0.1) is 25.0 Å². The average molecular weight is 877 g/mol. The van der Waals surface area contributed by atoms with E-state index in [4.69, 9.17) is 9.47 Å². The topological polar surface area (TPSA) is 169 Å². The molecule has 4 rings (SSSR count). The highest BCUT2D eigenvalue weighted by Gasteiger charge is 2.41. The van der Waals surface area contributed by atoms with E-state index in [1.54, 1.807) is 76.2 Å². The number of carbonyl (C=O) groups excluding carboxylic acids is 6. The van der Waals surface area contributed by atoms with E-state index in [9.17, 15) is 28.8 Å². The van der Waals surface area contributed by atoms with Crippen LogP contribution in [0.1, 0.15) is 100 Å². The van der Waals surface area contributed by atoms with Gasteiger partial charge >= 0.3 is 11.9 Å². The Balaban J connectivity index is 0.000000340. The first-order valence-electron chi connectivity index (χ1n) is 21.9. The molecular formula is C52H68N4O8. The van der Waals surface area contributed by atoms with E-state index < -0.39 is 46.9 Å². The molecule has 0 aliphatic carbocycles. The Bertz CT molecular complexity index is 1940. The fourth-order valence-electron chi connectivity index (χ4n) is 7.05. The first-order chi connectivity index (χ1) is 30.3. The van der Waals surface area contributed by atoms with Gasteiger partial charge in [-0.3, -0.25) is 19.2 Å². The Morgan fingerprint density at radius 2 is 0.734 bits per heavy atom. The maximum atomic E-state index is 13.4. The lowest BCUT2D eigenvalue weighted by Crippen LogP contribution is -2.56.